The van der Waals surface area contributed by atoms with E-state index in [1.54, 1.807) is 0 Å². The molecule has 0 saturated carbocycles. The van der Waals surface area contributed by atoms with Crippen LogP contribution in [-0.4, -0.2) is 72.3 Å². The van der Waals surface area contributed by atoms with Crippen molar-refractivity contribution in [1.29, 1.82) is 0 Å². The van der Waals surface area contributed by atoms with Crippen molar-refractivity contribution in [3.63, 3.8) is 0 Å². The molecule has 2 aliphatic heterocycles. The van der Waals surface area contributed by atoms with Gasteiger partial charge in [0.25, 0.3) is 0 Å². The van der Waals surface area contributed by atoms with Gasteiger partial charge in [-0.15, -0.1) is 0 Å². The molecule has 0 bridgehead atoms. The fourth-order valence-electron chi connectivity index (χ4n) is 5.46. The molecule has 6 nitrogen and oxygen atoms in total. The Kier molecular flexibility index (Phi) is 6.21. The van der Waals surface area contributed by atoms with Gasteiger partial charge in [0.1, 0.15) is 18.2 Å². The molecule has 166 valence electrons. The molecule has 0 radical (unpaired) electrons. The van der Waals surface area contributed by atoms with Crippen molar-refractivity contribution in [3.8, 4) is 5.75 Å². The summed E-state index contributed by atoms with van der Waals surface area (Å²) < 4.78 is 11.4. The number of fused-ring (bicyclic) bond motifs is 2. The second-order valence-electron chi connectivity index (χ2n) is 9.33. The van der Waals surface area contributed by atoms with Crippen LogP contribution in [0.3, 0.4) is 0 Å². The largest absolute Gasteiger partial charge is 0.492 e. The Bertz CT molecular complexity index is 878. The Morgan fingerprint density at radius 1 is 1.06 bits per heavy atom. The number of aryl methyl sites for hydroxylation is 2. The molecule has 0 amide bonds. The van der Waals surface area contributed by atoms with Crippen molar-refractivity contribution in [1.82, 2.24) is 19.8 Å². The number of morpholine rings is 1. The van der Waals surface area contributed by atoms with E-state index in [1.165, 1.54) is 42.6 Å². The van der Waals surface area contributed by atoms with E-state index in [0.717, 1.165) is 70.5 Å². The molecular formula is C25H34N4O2. The molecule has 1 aliphatic carbocycles. The van der Waals surface area contributed by atoms with Crippen LogP contribution >= 0.6 is 0 Å². The minimum atomic E-state index is 0.226. The first-order valence-electron chi connectivity index (χ1n) is 11.8. The second-order valence-corrected chi connectivity index (χ2v) is 9.33. The lowest BCUT2D eigenvalue weighted by atomic mass is 9.77. The first-order valence-corrected chi connectivity index (χ1v) is 11.8. The highest BCUT2D eigenvalue weighted by molar-refractivity contribution is 5.34. The average molecular weight is 423 g/mol. The van der Waals surface area contributed by atoms with Gasteiger partial charge in [-0.1, -0.05) is 12.1 Å². The molecule has 0 N–H and O–H groups in total. The monoisotopic (exact) mass is 422 g/mol. The number of hydrogen-bond acceptors (Lipinski definition) is 6. The van der Waals surface area contributed by atoms with Gasteiger partial charge in [-0.2, -0.15) is 0 Å². The summed E-state index contributed by atoms with van der Waals surface area (Å²) in [7, 11) is 0. The lowest BCUT2D eigenvalue weighted by Crippen LogP contribution is -2.45. The van der Waals surface area contributed by atoms with E-state index >= 15 is 0 Å². The Morgan fingerprint density at radius 2 is 1.90 bits per heavy atom. The number of piperidine rings is 1. The summed E-state index contributed by atoms with van der Waals surface area (Å²) in [6.45, 7) is 10.7. The standard InChI is InChI=1S/C25H34N4O2/c1-20-26-17-22-7-9-25(24(22)27-20)8-2-10-29(19-25)18-21-3-5-23(6-4-21)31-16-13-28-11-14-30-15-12-28/h3-6,17H,2,7-16,18-19H2,1H3. The lowest BCUT2D eigenvalue weighted by Gasteiger charge is -2.40. The average Bonchev–Trinajstić information content (AvgIpc) is 3.12. The normalized spacial score (nSPS) is 24.4. The van der Waals surface area contributed by atoms with E-state index < -0.39 is 0 Å². The second kappa shape index (κ2) is 9.23. The molecule has 5 rings (SSSR count). The van der Waals surface area contributed by atoms with E-state index in [9.17, 15) is 0 Å². The zero-order valence-electron chi connectivity index (χ0n) is 18.7. The van der Waals surface area contributed by atoms with Gasteiger partial charge >= 0.3 is 0 Å². The number of ether oxygens (including phenoxy) is 2. The molecule has 3 aliphatic rings. The van der Waals surface area contributed by atoms with E-state index in [-0.39, 0.29) is 5.41 Å². The maximum atomic E-state index is 5.97. The highest BCUT2D eigenvalue weighted by Crippen LogP contribution is 2.44. The van der Waals surface area contributed by atoms with Crippen LogP contribution in [0.2, 0.25) is 0 Å². The van der Waals surface area contributed by atoms with Crippen molar-refractivity contribution in [2.45, 2.75) is 44.6 Å². The third-order valence-corrected chi connectivity index (χ3v) is 7.13. The van der Waals surface area contributed by atoms with Crippen LogP contribution in [0.15, 0.2) is 30.5 Å². The quantitative estimate of drug-likeness (QED) is 0.713. The van der Waals surface area contributed by atoms with Crippen LogP contribution in [0.25, 0.3) is 0 Å². The zero-order chi connectivity index (χ0) is 21.1. The van der Waals surface area contributed by atoms with Crippen molar-refractivity contribution < 1.29 is 9.47 Å². The third kappa shape index (κ3) is 4.76. The van der Waals surface area contributed by atoms with Gasteiger partial charge in [0.05, 0.1) is 18.9 Å². The van der Waals surface area contributed by atoms with Crippen molar-refractivity contribution in [2.24, 2.45) is 0 Å². The van der Waals surface area contributed by atoms with Gasteiger partial charge in [0, 0.05) is 44.3 Å². The first kappa shape index (κ1) is 20.9. The van der Waals surface area contributed by atoms with Crippen LogP contribution < -0.4 is 4.74 Å². The molecule has 3 heterocycles. The minimum Gasteiger partial charge on any atom is -0.492 e. The molecule has 1 unspecified atom stereocenters. The fourth-order valence-corrected chi connectivity index (χ4v) is 5.46. The van der Waals surface area contributed by atoms with Crippen LogP contribution in [-0.2, 0) is 23.1 Å². The van der Waals surface area contributed by atoms with E-state index in [2.05, 4.69) is 45.2 Å². The summed E-state index contributed by atoms with van der Waals surface area (Å²) in [5, 5.41) is 0. The number of rotatable bonds is 6. The summed E-state index contributed by atoms with van der Waals surface area (Å²) in [5.41, 5.74) is 4.28. The third-order valence-electron chi connectivity index (χ3n) is 7.13. The fraction of sp³-hybridized carbons (Fsp3) is 0.600. The smallest absolute Gasteiger partial charge is 0.125 e. The maximum Gasteiger partial charge on any atom is 0.125 e. The summed E-state index contributed by atoms with van der Waals surface area (Å²) in [4.78, 5) is 14.3. The molecular weight excluding hydrogens is 388 g/mol. The molecule has 2 saturated heterocycles. The molecule has 1 atom stereocenters. The molecule has 31 heavy (non-hydrogen) atoms. The number of aromatic nitrogens is 2. The topological polar surface area (TPSA) is 50.7 Å². The molecule has 1 aromatic heterocycles. The van der Waals surface area contributed by atoms with Crippen LogP contribution in [0, 0.1) is 6.92 Å². The summed E-state index contributed by atoms with van der Waals surface area (Å²) in [5.74, 6) is 1.87. The highest BCUT2D eigenvalue weighted by atomic mass is 16.5. The maximum absolute atomic E-state index is 5.97. The van der Waals surface area contributed by atoms with Crippen LogP contribution in [0.5, 0.6) is 5.75 Å². The van der Waals surface area contributed by atoms with Crippen molar-refractivity contribution in [3.05, 3.63) is 53.1 Å². The summed E-state index contributed by atoms with van der Waals surface area (Å²) >= 11 is 0. The number of hydrogen-bond donors (Lipinski definition) is 0. The Hall–Kier alpha value is -2.02. The number of likely N-dealkylation sites (tertiary alicyclic amines) is 1. The van der Waals surface area contributed by atoms with Crippen molar-refractivity contribution in [2.75, 3.05) is 52.5 Å². The minimum absolute atomic E-state index is 0.226. The lowest BCUT2D eigenvalue weighted by molar-refractivity contribution is 0.0322. The molecule has 6 heteroatoms. The van der Waals surface area contributed by atoms with Crippen LogP contribution in [0.1, 0.15) is 41.9 Å². The Balaban J connectivity index is 1.16. The van der Waals surface area contributed by atoms with Gasteiger partial charge in [0.2, 0.25) is 0 Å². The van der Waals surface area contributed by atoms with Crippen molar-refractivity contribution >= 4 is 0 Å². The Labute approximate surface area is 185 Å². The molecule has 1 aromatic carbocycles. The Morgan fingerprint density at radius 3 is 2.74 bits per heavy atom. The van der Waals surface area contributed by atoms with E-state index in [4.69, 9.17) is 14.5 Å². The molecule has 2 fully saturated rings. The van der Waals surface area contributed by atoms with E-state index in [1.807, 2.05) is 6.92 Å². The van der Waals surface area contributed by atoms with E-state index in [0.29, 0.717) is 0 Å². The number of benzene rings is 1. The van der Waals surface area contributed by atoms with Gasteiger partial charge in [0.15, 0.2) is 0 Å². The predicted molar refractivity (Wildman–Crippen MR) is 120 cm³/mol. The SMILES string of the molecule is Cc1ncc2c(n1)C1(CCCN(Cc3ccc(OCCN4CCOCC4)cc3)C1)CC2. The van der Waals surface area contributed by atoms with Gasteiger partial charge < -0.3 is 9.47 Å². The summed E-state index contributed by atoms with van der Waals surface area (Å²) in [6.07, 6.45) is 6.89. The van der Waals surface area contributed by atoms with Crippen LogP contribution in [0.4, 0.5) is 0 Å². The summed E-state index contributed by atoms with van der Waals surface area (Å²) in [6, 6.07) is 8.69. The highest BCUT2D eigenvalue weighted by Gasteiger charge is 2.43. The predicted octanol–water partition coefficient (Wildman–Crippen LogP) is 2.98. The first-order chi connectivity index (χ1) is 15.2. The molecule has 2 aromatic rings. The van der Waals surface area contributed by atoms with Gasteiger partial charge in [-0.05, 0) is 62.4 Å². The number of nitrogens with zero attached hydrogens (tertiary/aromatic N) is 4. The molecule has 1 spiro atoms. The zero-order valence-corrected chi connectivity index (χ0v) is 18.7. The van der Waals surface area contributed by atoms with Gasteiger partial charge in [-0.25, -0.2) is 9.97 Å². The van der Waals surface area contributed by atoms with Gasteiger partial charge in [-0.3, -0.25) is 9.80 Å².